The highest BCUT2D eigenvalue weighted by atomic mass is 79.9. The Labute approximate surface area is 74.4 Å². The maximum Gasteiger partial charge on any atom is 0.128 e. The second-order valence-corrected chi connectivity index (χ2v) is 3.44. The highest BCUT2D eigenvalue weighted by Gasteiger charge is 2.14. The third kappa shape index (κ3) is 1.38. The monoisotopic (exact) mass is 211 g/mol. The number of pyridine rings is 1. The van der Waals surface area contributed by atoms with Crippen LogP contribution < -0.4 is 4.90 Å². The third-order valence-corrected chi connectivity index (χ3v) is 2.20. The van der Waals surface area contributed by atoms with Gasteiger partial charge >= 0.3 is 0 Å². The first-order chi connectivity index (χ1) is 5.36. The van der Waals surface area contributed by atoms with Gasteiger partial charge in [0.15, 0.2) is 0 Å². The summed E-state index contributed by atoms with van der Waals surface area (Å²) in [4.78, 5) is 6.47. The molecule has 2 rings (SSSR count). The fraction of sp³-hybridized carbons (Fsp3) is 0.250. The molecule has 2 heterocycles. The Balaban J connectivity index is 2.18. The van der Waals surface area contributed by atoms with E-state index >= 15 is 0 Å². The van der Waals surface area contributed by atoms with Gasteiger partial charge in [0.05, 0.1) is 0 Å². The van der Waals surface area contributed by atoms with E-state index in [1.807, 2.05) is 18.3 Å². The van der Waals surface area contributed by atoms with Crippen molar-refractivity contribution in [3.8, 4) is 0 Å². The molecule has 2 nitrogen and oxygen atoms in total. The van der Waals surface area contributed by atoms with Crippen molar-refractivity contribution in [3.05, 3.63) is 29.2 Å². The van der Waals surface area contributed by atoms with Gasteiger partial charge in [-0.25, -0.2) is 4.98 Å². The summed E-state index contributed by atoms with van der Waals surface area (Å²) in [5.74, 6) is 1.07. The van der Waals surface area contributed by atoms with Crippen LogP contribution in [-0.2, 0) is 0 Å². The minimum Gasteiger partial charge on any atom is -0.356 e. The fourth-order valence-corrected chi connectivity index (χ4v) is 1.23. The zero-order valence-electron chi connectivity index (χ0n) is 6.00. The van der Waals surface area contributed by atoms with Gasteiger partial charge in [0.2, 0.25) is 0 Å². The van der Waals surface area contributed by atoms with Crippen LogP contribution in [0.15, 0.2) is 22.8 Å². The van der Waals surface area contributed by atoms with E-state index in [1.54, 1.807) is 0 Å². The molecule has 1 radical (unpaired) electrons. The van der Waals surface area contributed by atoms with Crippen molar-refractivity contribution >= 4 is 21.7 Å². The number of aromatic nitrogens is 1. The SMILES string of the molecule is Brc1ccc(N2C[CH]C2)nc1. The van der Waals surface area contributed by atoms with E-state index in [0.717, 1.165) is 23.4 Å². The first-order valence-electron chi connectivity index (χ1n) is 3.54. The first kappa shape index (κ1) is 7.10. The Morgan fingerprint density at radius 2 is 2.18 bits per heavy atom. The van der Waals surface area contributed by atoms with E-state index in [2.05, 4.69) is 32.2 Å². The first-order valence-corrected chi connectivity index (χ1v) is 4.34. The summed E-state index contributed by atoms with van der Waals surface area (Å²) in [5.41, 5.74) is 0. The molecule has 0 N–H and O–H groups in total. The van der Waals surface area contributed by atoms with Crippen molar-refractivity contribution in [2.24, 2.45) is 0 Å². The third-order valence-electron chi connectivity index (χ3n) is 1.73. The van der Waals surface area contributed by atoms with Crippen LogP contribution in [0.4, 0.5) is 5.82 Å². The molecular weight excluding hydrogens is 204 g/mol. The summed E-state index contributed by atoms with van der Waals surface area (Å²) in [6.45, 7) is 2.07. The lowest BCUT2D eigenvalue weighted by Crippen LogP contribution is -2.38. The summed E-state index contributed by atoms with van der Waals surface area (Å²) in [6.07, 6.45) is 4.05. The molecule has 1 fully saturated rings. The molecule has 0 unspecified atom stereocenters. The average molecular weight is 212 g/mol. The largest absolute Gasteiger partial charge is 0.356 e. The predicted octanol–water partition coefficient (Wildman–Crippen LogP) is 1.87. The molecule has 1 aromatic rings. The predicted molar refractivity (Wildman–Crippen MR) is 48.5 cm³/mol. The summed E-state index contributed by atoms with van der Waals surface area (Å²) < 4.78 is 1.03. The molecule has 0 atom stereocenters. The molecule has 0 aromatic carbocycles. The molecule has 1 saturated heterocycles. The summed E-state index contributed by atoms with van der Waals surface area (Å²) in [7, 11) is 0. The number of hydrogen-bond donors (Lipinski definition) is 0. The maximum atomic E-state index is 4.26. The molecular formula is C8H8BrN2. The molecule has 0 saturated carbocycles. The van der Waals surface area contributed by atoms with Crippen LogP contribution in [0.25, 0.3) is 0 Å². The van der Waals surface area contributed by atoms with Gasteiger partial charge in [0.1, 0.15) is 5.82 Å². The second kappa shape index (κ2) is 2.81. The van der Waals surface area contributed by atoms with Crippen LogP contribution in [0, 0.1) is 6.42 Å². The van der Waals surface area contributed by atoms with E-state index in [-0.39, 0.29) is 0 Å². The highest BCUT2D eigenvalue weighted by Crippen LogP contribution is 2.18. The molecule has 3 heteroatoms. The summed E-state index contributed by atoms with van der Waals surface area (Å²) in [6, 6.07) is 4.04. The van der Waals surface area contributed by atoms with E-state index in [1.165, 1.54) is 0 Å². The Morgan fingerprint density at radius 1 is 1.36 bits per heavy atom. The van der Waals surface area contributed by atoms with Gasteiger partial charge in [0, 0.05) is 30.2 Å². The zero-order chi connectivity index (χ0) is 7.68. The van der Waals surface area contributed by atoms with E-state index in [0.29, 0.717) is 0 Å². The number of nitrogens with zero attached hydrogens (tertiary/aromatic N) is 2. The summed E-state index contributed by atoms with van der Waals surface area (Å²) in [5, 5.41) is 0. The lowest BCUT2D eigenvalue weighted by atomic mass is 10.2. The molecule has 0 spiro atoms. The smallest absolute Gasteiger partial charge is 0.128 e. The average Bonchev–Trinajstić information content (AvgIpc) is 1.90. The lowest BCUT2D eigenvalue weighted by molar-refractivity contribution is 0.749. The molecule has 11 heavy (non-hydrogen) atoms. The van der Waals surface area contributed by atoms with Gasteiger partial charge in [-0.3, -0.25) is 0 Å². The highest BCUT2D eigenvalue weighted by molar-refractivity contribution is 9.10. The van der Waals surface area contributed by atoms with Gasteiger partial charge in [0.25, 0.3) is 0 Å². The topological polar surface area (TPSA) is 16.1 Å². The van der Waals surface area contributed by atoms with Crippen LogP contribution >= 0.6 is 15.9 Å². The molecule has 0 aliphatic carbocycles. The van der Waals surface area contributed by atoms with Gasteiger partial charge in [-0.15, -0.1) is 0 Å². The Morgan fingerprint density at radius 3 is 2.64 bits per heavy atom. The lowest BCUT2D eigenvalue weighted by Gasteiger charge is -2.31. The van der Waals surface area contributed by atoms with Gasteiger partial charge in [-0.1, -0.05) is 0 Å². The van der Waals surface area contributed by atoms with Crippen LogP contribution in [0.2, 0.25) is 0 Å². The van der Waals surface area contributed by atoms with Gasteiger partial charge in [-0.2, -0.15) is 0 Å². The molecule has 1 aromatic heterocycles. The molecule has 0 amide bonds. The van der Waals surface area contributed by atoms with Crippen LogP contribution in [0.5, 0.6) is 0 Å². The normalized spacial score (nSPS) is 16.3. The minimum absolute atomic E-state index is 1.03. The van der Waals surface area contributed by atoms with E-state index in [4.69, 9.17) is 0 Å². The molecule has 0 bridgehead atoms. The quantitative estimate of drug-likeness (QED) is 0.706. The van der Waals surface area contributed by atoms with Crippen molar-refractivity contribution < 1.29 is 0 Å². The van der Waals surface area contributed by atoms with E-state index in [9.17, 15) is 0 Å². The Hall–Kier alpha value is -0.570. The number of rotatable bonds is 1. The van der Waals surface area contributed by atoms with Crippen molar-refractivity contribution in [2.75, 3.05) is 18.0 Å². The Kier molecular flexibility index (Phi) is 1.82. The molecule has 1 aliphatic heterocycles. The standard InChI is InChI=1S/C8H8BrN2/c9-7-2-3-8(10-6-7)11-4-1-5-11/h1-3,6H,4-5H2. The van der Waals surface area contributed by atoms with Crippen LogP contribution in [0.3, 0.4) is 0 Å². The number of halogens is 1. The van der Waals surface area contributed by atoms with E-state index < -0.39 is 0 Å². The maximum absolute atomic E-state index is 4.26. The van der Waals surface area contributed by atoms with Crippen molar-refractivity contribution in [1.82, 2.24) is 4.98 Å². The Bertz CT molecular complexity index is 241. The zero-order valence-corrected chi connectivity index (χ0v) is 7.58. The number of hydrogen-bond acceptors (Lipinski definition) is 2. The van der Waals surface area contributed by atoms with Crippen LogP contribution in [-0.4, -0.2) is 18.1 Å². The van der Waals surface area contributed by atoms with Gasteiger partial charge < -0.3 is 4.90 Å². The minimum atomic E-state index is 1.03. The fourth-order valence-electron chi connectivity index (χ4n) is 1.00. The van der Waals surface area contributed by atoms with Gasteiger partial charge in [-0.05, 0) is 28.1 Å². The van der Waals surface area contributed by atoms with Crippen molar-refractivity contribution in [2.45, 2.75) is 0 Å². The van der Waals surface area contributed by atoms with Crippen molar-refractivity contribution in [1.29, 1.82) is 0 Å². The van der Waals surface area contributed by atoms with Crippen molar-refractivity contribution in [3.63, 3.8) is 0 Å². The second-order valence-electron chi connectivity index (χ2n) is 2.53. The molecule has 1 aliphatic rings. The van der Waals surface area contributed by atoms with Crippen LogP contribution in [0.1, 0.15) is 0 Å². The number of anilines is 1. The summed E-state index contributed by atoms with van der Waals surface area (Å²) >= 11 is 3.35. The molecule has 57 valence electrons.